The fourth-order valence-electron chi connectivity index (χ4n) is 1.77. The summed E-state index contributed by atoms with van der Waals surface area (Å²) < 4.78 is 5.31. The van der Waals surface area contributed by atoms with Crippen molar-refractivity contribution in [2.45, 2.75) is 12.8 Å². The van der Waals surface area contributed by atoms with Gasteiger partial charge in [0.25, 0.3) is 0 Å². The van der Waals surface area contributed by atoms with Gasteiger partial charge in [0, 0.05) is 10.0 Å². The molecule has 2 rings (SSSR count). The summed E-state index contributed by atoms with van der Waals surface area (Å²) in [5.41, 5.74) is 2.40. The van der Waals surface area contributed by atoms with E-state index in [1.165, 1.54) is 11.1 Å². The van der Waals surface area contributed by atoms with E-state index in [1.807, 2.05) is 60.7 Å². The Kier molecular flexibility index (Phi) is 6.39. The summed E-state index contributed by atoms with van der Waals surface area (Å²) in [7, 11) is 0. The van der Waals surface area contributed by atoms with Gasteiger partial charge in [-0.05, 0) is 60.4 Å². The SMILES string of the molecule is Clc1ccc(CC=COC=CCc2ccc(Cl)cc2)cc1. The number of benzene rings is 2. The van der Waals surface area contributed by atoms with Gasteiger partial charge in [0.15, 0.2) is 0 Å². The molecule has 0 amide bonds. The largest absolute Gasteiger partial charge is 0.473 e. The molecule has 0 saturated heterocycles. The van der Waals surface area contributed by atoms with Gasteiger partial charge in [-0.25, -0.2) is 0 Å². The zero-order valence-electron chi connectivity index (χ0n) is 11.5. The van der Waals surface area contributed by atoms with Crippen LogP contribution in [-0.2, 0) is 17.6 Å². The second kappa shape index (κ2) is 8.56. The van der Waals surface area contributed by atoms with Crippen molar-refractivity contribution in [2.24, 2.45) is 0 Å². The maximum Gasteiger partial charge on any atom is 0.0864 e. The molecule has 0 bridgehead atoms. The Morgan fingerprint density at radius 1 is 0.667 bits per heavy atom. The van der Waals surface area contributed by atoms with Gasteiger partial charge in [0.2, 0.25) is 0 Å². The Hall–Kier alpha value is -1.70. The average molecular weight is 319 g/mol. The fourth-order valence-corrected chi connectivity index (χ4v) is 2.02. The molecule has 0 N–H and O–H groups in total. The molecule has 21 heavy (non-hydrogen) atoms. The average Bonchev–Trinajstić information content (AvgIpc) is 2.50. The van der Waals surface area contributed by atoms with Crippen molar-refractivity contribution < 1.29 is 4.74 Å². The minimum Gasteiger partial charge on any atom is -0.473 e. The molecule has 1 nitrogen and oxygen atoms in total. The number of rotatable bonds is 6. The van der Waals surface area contributed by atoms with E-state index in [9.17, 15) is 0 Å². The van der Waals surface area contributed by atoms with Crippen LogP contribution in [0.2, 0.25) is 10.0 Å². The van der Waals surface area contributed by atoms with Crippen LogP contribution >= 0.6 is 23.2 Å². The first-order valence-corrected chi connectivity index (χ1v) is 7.44. The van der Waals surface area contributed by atoms with E-state index >= 15 is 0 Å². The third kappa shape index (κ3) is 6.07. The van der Waals surface area contributed by atoms with Crippen LogP contribution in [-0.4, -0.2) is 0 Å². The van der Waals surface area contributed by atoms with Crippen molar-refractivity contribution in [3.05, 3.63) is 94.4 Å². The Bertz CT molecular complexity index is 543. The number of hydrogen-bond acceptors (Lipinski definition) is 1. The van der Waals surface area contributed by atoms with Gasteiger partial charge in [0.1, 0.15) is 0 Å². The summed E-state index contributed by atoms with van der Waals surface area (Å²) in [5.74, 6) is 0. The first-order valence-electron chi connectivity index (χ1n) is 6.68. The molecule has 0 radical (unpaired) electrons. The predicted octanol–water partition coefficient (Wildman–Crippen LogP) is 5.82. The molecule has 2 aromatic carbocycles. The maximum atomic E-state index is 5.83. The molecule has 0 atom stereocenters. The van der Waals surface area contributed by atoms with E-state index in [2.05, 4.69) is 0 Å². The van der Waals surface area contributed by atoms with E-state index in [4.69, 9.17) is 27.9 Å². The molecule has 0 aliphatic rings. The predicted molar refractivity (Wildman–Crippen MR) is 89.7 cm³/mol. The Morgan fingerprint density at radius 3 is 1.43 bits per heavy atom. The van der Waals surface area contributed by atoms with Gasteiger partial charge >= 0.3 is 0 Å². The lowest BCUT2D eigenvalue weighted by Gasteiger charge is -1.97. The molecular weight excluding hydrogens is 303 g/mol. The lowest BCUT2D eigenvalue weighted by Crippen LogP contribution is -1.81. The summed E-state index contributed by atoms with van der Waals surface area (Å²) in [4.78, 5) is 0. The van der Waals surface area contributed by atoms with Gasteiger partial charge in [-0.2, -0.15) is 0 Å². The van der Waals surface area contributed by atoms with Crippen molar-refractivity contribution in [2.75, 3.05) is 0 Å². The topological polar surface area (TPSA) is 9.23 Å². The molecule has 0 aliphatic heterocycles. The number of allylic oxidation sites excluding steroid dienone is 2. The number of halogens is 2. The molecule has 0 spiro atoms. The van der Waals surface area contributed by atoms with E-state index in [0.717, 1.165) is 22.9 Å². The van der Waals surface area contributed by atoms with Crippen LogP contribution in [0.25, 0.3) is 0 Å². The molecule has 3 heteroatoms. The minimum atomic E-state index is 0.754. The highest BCUT2D eigenvalue weighted by Gasteiger charge is 1.90. The Morgan fingerprint density at radius 2 is 1.05 bits per heavy atom. The van der Waals surface area contributed by atoms with Gasteiger partial charge in [-0.15, -0.1) is 0 Å². The van der Waals surface area contributed by atoms with Gasteiger partial charge in [-0.1, -0.05) is 47.5 Å². The summed E-state index contributed by atoms with van der Waals surface area (Å²) >= 11 is 11.7. The quantitative estimate of drug-likeness (QED) is 0.609. The third-order valence-electron chi connectivity index (χ3n) is 2.88. The molecule has 0 aromatic heterocycles. The van der Waals surface area contributed by atoms with Crippen molar-refractivity contribution in [1.82, 2.24) is 0 Å². The van der Waals surface area contributed by atoms with E-state index in [0.29, 0.717) is 0 Å². The summed E-state index contributed by atoms with van der Waals surface area (Å²) in [6, 6.07) is 15.6. The normalized spacial score (nSPS) is 11.3. The molecule has 2 aromatic rings. The van der Waals surface area contributed by atoms with E-state index < -0.39 is 0 Å². The third-order valence-corrected chi connectivity index (χ3v) is 3.39. The second-order valence-corrected chi connectivity index (χ2v) is 5.41. The molecule has 0 unspecified atom stereocenters. The summed E-state index contributed by atoms with van der Waals surface area (Å²) in [6.45, 7) is 0. The van der Waals surface area contributed by atoms with Crippen LogP contribution in [0.5, 0.6) is 0 Å². The van der Waals surface area contributed by atoms with Crippen LogP contribution in [0.3, 0.4) is 0 Å². The summed E-state index contributed by atoms with van der Waals surface area (Å²) in [5, 5.41) is 1.51. The molecule has 0 saturated carbocycles. The van der Waals surface area contributed by atoms with Crippen LogP contribution in [0.1, 0.15) is 11.1 Å². The molecule has 0 fully saturated rings. The zero-order chi connectivity index (χ0) is 14.9. The van der Waals surface area contributed by atoms with E-state index in [-0.39, 0.29) is 0 Å². The number of hydrogen-bond donors (Lipinski definition) is 0. The van der Waals surface area contributed by atoms with Crippen molar-refractivity contribution in [3.8, 4) is 0 Å². The van der Waals surface area contributed by atoms with Crippen molar-refractivity contribution in [1.29, 1.82) is 0 Å². The molecule has 0 heterocycles. The second-order valence-electron chi connectivity index (χ2n) is 4.54. The summed E-state index contributed by atoms with van der Waals surface area (Å²) in [6.07, 6.45) is 8.95. The molecular formula is C18H16Cl2O. The van der Waals surface area contributed by atoms with Crippen LogP contribution in [0.4, 0.5) is 0 Å². The smallest absolute Gasteiger partial charge is 0.0864 e. The van der Waals surface area contributed by atoms with E-state index in [1.54, 1.807) is 12.5 Å². The Labute approximate surface area is 135 Å². The molecule has 108 valence electrons. The lowest BCUT2D eigenvalue weighted by molar-refractivity contribution is 0.399. The number of ether oxygens (including phenoxy) is 1. The van der Waals surface area contributed by atoms with Crippen LogP contribution in [0.15, 0.2) is 73.2 Å². The zero-order valence-corrected chi connectivity index (χ0v) is 13.0. The van der Waals surface area contributed by atoms with Gasteiger partial charge < -0.3 is 4.74 Å². The highest BCUT2D eigenvalue weighted by molar-refractivity contribution is 6.30. The fraction of sp³-hybridized carbons (Fsp3) is 0.111. The standard InChI is InChI=1S/C18H16Cl2O/c19-17-9-5-15(6-10-17)3-1-13-21-14-2-4-16-7-11-18(20)12-8-16/h1-2,5-14H,3-4H2. The van der Waals surface area contributed by atoms with Crippen molar-refractivity contribution >= 4 is 23.2 Å². The monoisotopic (exact) mass is 318 g/mol. The maximum absolute atomic E-state index is 5.83. The van der Waals surface area contributed by atoms with Gasteiger partial charge in [-0.3, -0.25) is 0 Å². The highest BCUT2D eigenvalue weighted by Crippen LogP contribution is 2.11. The Balaban J connectivity index is 1.68. The van der Waals surface area contributed by atoms with Crippen molar-refractivity contribution in [3.63, 3.8) is 0 Å². The van der Waals surface area contributed by atoms with Crippen LogP contribution in [0, 0.1) is 0 Å². The van der Waals surface area contributed by atoms with Crippen LogP contribution < -0.4 is 0 Å². The van der Waals surface area contributed by atoms with Gasteiger partial charge in [0.05, 0.1) is 12.5 Å². The first-order chi connectivity index (χ1) is 10.2. The minimum absolute atomic E-state index is 0.754. The lowest BCUT2D eigenvalue weighted by atomic mass is 10.1. The molecule has 0 aliphatic carbocycles. The highest BCUT2D eigenvalue weighted by atomic mass is 35.5. The first kappa shape index (κ1) is 15.7.